The lowest BCUT2D eigenvalue weighted by atomic mass is 10.0. The minimum Gasteiger partial charge on any atom is -0.388 e. The maximum Gasteiger partial charge on any atom is 0.159 e. The average Bonchev–Trinajstić information content (AvgIpc) is 2.55. The number of hydrogen-bond donors (Lipinski definition) is 1. The number of fused-ring (bicyclic) bond motifs is 1. The van der Waals surface area contributed by atoms with Crippen molar-refractivity contribution in [3.63, 3.8) is 0 Å². The summed E-state index contributed by atoms with van der Waals surface area (Å²) in [4.78, 5) is 2.25. The summed E-state index contributed by atoms with van der Waals surface area (Å²) in [7, 11) is 0. The van der Waals surface area contributed by atoms with Crippen LogP contribution >= 0.6 is 0 Å². The lowest BCUT2D eigenvalue weighted by Gasteiger charge is -2.32. The fraction of sp³-hybridized carbons (Fsp3) is 0.333. The predicted molar refractivity (Wildman–Crippen MR) is 82.9 cm³/mol. The van der Waals surface area contributed by atoms with Crippen LogP contribution in [0.5, 0.6) is 0 Å². The quantitative estimate of drug-likeness (QED) is 0.927. The third-order valence-corrected chi connectivity index (χ3v) is 4.21. The zero-order valence-corrected chi connectivity index (χ0v) is 12.3. The van der Waals surface area contributed by atoms with Gasteiger partial charge in [0.2, 0.25) is 0 Å². The first kappa shape index (κ1) is 15.0. The van der Waals surface area contributed by atoms with Crippen molar-refractivity contribution in [3.05, 3.63) is 65.2 Å². The van der Waals surface area contributed by atoms with Gasteiger partial charge in [-0.1, -0.05) is 24.3 Å². The van der Waals surface area contributed by atoms with Crippen LogP contribution in [0.3, 0.4) is 0 Å². The lowest BCUT2D eigenvalue weighted by molar-refractivity contribution is 0.168. The van der Waals surface area contributed by atoms with Crippen LogP contribution in [0.4, 0.5) is 14.5 Å². The third kappa shape index (κ3) is 3.12. The molecule has 2 aromatic carbocycles. The van der Waals surface area contributed by atoms with Gasteiger partial charge in [0.1, 0.15) is 0 Å². The molecule has 116 valence electrons. The Hall–Kier alpha value is -1.94. The number of halogens is 2. The summed E-state index contributed by atoms with van der Waals surface area (Å²) in [6.07, 6.45) is 1.88. The smallest absolute Gasteiger partial charge is 0.159 e. The summed E-state index contributed by atoms with van der Waals surface area (Å²) in [6.45, 7) is 1.65. The second-order valence-electron chi connectivity index (χ2n) is 5.70. The van der Waals surface area contributed by atoms with E-state index in [0.717, 1.165) is 31.5 Å². The molecule has 0 radical (unpaired) electrons. The Bertz CT molecular complexity index is 659. The van der Waals surface area contributed by atoms with E-state index in [0.29, 0.717) is 18.5 Å². The summed E-state index contributed by atoms with van der Waals surface area (Å²) < 4.78 is 26.2. The van der Waals surface area contributed by atoms with E-state index in [-0.39, 0.29) is 0 Å². The van der Waals surface area contributed by atoms with Gasteiger partial charge in [0.05, 0.1) is 6.10 Å². The highest BCUT2D eigenvalue weighted by atomic mass is 19.2. The molecular weight excluding hydrogens is 284 g/mol. The number of rotatable bonds is 4. The number of anilines is 1. The molecule has 0 bridgehead atoms. The van der Waals surface area contributed by atoms with Crippen molar-refractivity contribution in [2.45, 2.75) is 25.4 Å². The molecule has 1 heterocycles. The number of aryl methyl sites for hydroxylation is 1. The lowest BCUT2D eigenvalue weighted by Crippen LogP contribution is -2.31. The van der Waals surface area contributed by atoms with Crippen molar-refractivity contribution in [3.8, 4) is 0 Å². The second kappa shape index (κ2) is 6.44. The zero-order chi connectivity index (χ0) is 15.5. The molecule has 0 saturated heterocycles. The Morgan fingerprint density at radius 3 is 2.73 bits per heavy atom. The minimum absolute atomic E-state index is 0.421. The van der Waals surface area contributed by atoms with Gasteiger partial charge in [-0.05, 0) is 48.6 Å². The van der Waals surface area contributed by atoms with Crippen molar-refractivity contribution in [1.82, 2.24) is 0 Å². The number of aliphatic hydroxyl groups is 1. The molecule has 22 heavy (non-hydrogen) atoms. The van der Waals surface area contributed by atoms with Crippen LogP contribution in [0.1, 0.15) is 30.1 Å². The van der Waals surface area contributed by atoms with E-state index in [4.69, 9.17) is 0 Å². The predicted octanol–water partition coefficient (Wildman–Crippen LogP) is 3.84. The standard InChI is InChI=1S/C18H19F2NO/c19-15-8-7-14(12-16(15)20)18(22)9-11-21-10-3-5-13-4-1-2-6-17(13)21/h1-2,4,6-8,12,18,22H,3,5,9-11H2. The van der Waals surface area contributed by atoms with E-state index in [9.17, 15) is 13.9 Å². The van der Waals surface area contributed by atoms with Crippen LogP contribution in [0.25, 0.3) is 0 Å². The molecule has 0 aromatic heterocycles. The van der Waals surface area contributed by atoms with E-state index >= 15 is 0 Å². The highest BCUT2D eigenvalue weighted by molar-refractivity contribution is 5.55. The van der Waals surface area contributed by atoms with Crippen molar-refractivity contribution >= 4 is 5.69 Å². The van der Waals surface area contributed by atoms with E-state index in [1.807, 2.05) is 12.1 Å². The van der Waals surface area contributed by atoms with Crippen LogP contribution < -0.4 is 4.90 Å². The van der Waals surface area contributed by atoms with Crippen molar-refractivity contribution < 1.29 is 13.9 Å². The van der Waals surface area contributed by atoms with Crippen LogP contribution in [-0.2, 0) is 6.42 Å². The SMILES string of the molecule is OC(CCN1CCCc2ccccc21)c1ccc(F)c(F)c1. The fourth-order valence-electron chi connectivity index (χ4n) is 3.01. The first-order chi connectivity index (χ1) is 10.6. The Kier molecular flexibility index (Phi) is 4.39. The van der Waals surface area contributed by atoms with E-state index in [2.05, 4.69) is 17.0 Å². The van der Waals surface area contributed by atoms with Crippen LogP contribution in [0.15, 0.2) is 42.5 Å². The Morgan fingerprint density at radius 2 is 1.91 bits per heavy atom. The first-order valence-electron chi connectivity index (χ1n) is 7.61. The molecule has 3 rings (SSSR count). The molecular formula is C18H19F2NO. The first-order valence-corrected chi connectivity index (χ1v) is 7.61. The van der Waals surface area contributed by atoms with E-state index < -0.39 is 17.7 Å². The molecule has 1 atom stereocenters. The molecule has 4 heteroatoms. The highest BCUT2D eigenvalue weighted by Crippen LogP contribution is 2.28. The maximum atomic E-state index is 13.2. The Labute approximate surface area is 129 Å². The molecule has 0 spiro atoms. The van der Waals surface area contributed by atoms with Crippen molar-refractivity contribution in [2.24, 2.45) is 0 Å². The largest absolute Gasteiger partial charge is 0.388 e. The molecule has 0 saturated carbocycles. The van der Waals surface area contributed by atoms with Gasteiger partial charge in [0, 0.05) is 18.8 Å². The van der Waals surface area contributed by atoms with E-state index in [1.165, 1.54) is 17.3 Å². The summed E-state index contributed by atoms with van der Waals surface area (Å²) in [5.74, 6) is -1.80. The molecule has 1 aliphatic rings. The highest BCUT2D eigenvalue weighted by Gasteiger charge is 2.18. The monoisotopic (exact) mass is 303 g/mol. The van der Waals surface area contributed by atoms with Gasteiger partial charge in [0.15, 0.2) is 11.6 Å². The second-order valence-corrected chi connectivity index (χ2v) is 5.70. The molecule has 2 aromatic rings. The van der Waals surface area contributed by atoms with Crippen LogP contribution in [0.2, 0.25) is 0 Å². The van der Waals surface area contributed by atoms with Crippen molar-refractivity contribution in [1.29, 1.82) is 0 Å². The Morgan fingerprint density at radius 1 is 1.09 bits per heavy atom. The number of aliphatic hydroxyl groups excluding tert-OH is 1. The molecule has 2 nitrogen and oxygen atoms in total. The zero-order valence-electron chi connectivity index (χ0n) is 12.3. The summed E-state index contributed by atoms with van der Waals surface area (Å²) in [5, 5.41) is 10.2. The number of benzene rings is 2. The fourth-order valence-corrected chi connectivity index (χ4v) is 3.01. The van der Waals surface area contributed by atoms with Crippen LogP contribution in [0, 0.1) is 11.6 Å². The third-order valence-electron chi connectivity index (χ3n) is 4.21. The number of para-hydroxylation sites is 1. The van der Waals surface area contributed by atoms with Gasteiger partial charge in [-0.25, -0.2) is 8.78 Å². The van der Waals surface area contributed by atoms with Gasteiger partial charge in [-0.3, -0.25) is 0 Å². The van der Waals surface area contributed by atoms with Gasteiger partial charge in [-0.15, -0.1) is 0 Å². The average molecular weight is 303 g/mol. The normalized spacial score (nSPS) is 15.5. The summed E-state index contributed by atoms with van der Waals surface area (Å²) in [5.41, 5.74) is 2.96. The van der Waals surface area contributed by atoms with Gasteiger partial charge in [0.25, 0.3) is 0 Å². The maximum absolute atomic E-state index is 13.2. The van der Waals surface area contributed by atoms with Gasteiger partial charge in [-0.2, -0.15) is 0 Å². The van der Waals surface area contributed by atoms with Crippen LogP contribution in [-0.4, -0.2) is 18.2 Å². The minimum atomic E-state index is -0.917. The molecule has 0 fully saturated rings. The molecule has 0 amide bonds. The summed E-state index contributed by atoms with van der Waals surface area (Å²) in [6, 6.07) is 11.9. The topological polar surface area (TPSA) is 23.5 Å². The van der Waals surface area contributed by atoms with E-state index in [1.54, 1.807) is 0 Å². The Balaban J connectivity index is 1.66. The molecule has 1 N–H and O–H groups in total. The molecule has 1 unspecified atom stereocenters. The van der Waals surface area contributed by atoms with Gasteiger partial charge >= 0.3 is 0 Å². The number of nitrogens with zero attached hydrogens (tertiary/aromatic N) is 1. The van der Waals surface area contributed by atoms with Crippen molar-refractivity contribution in [2.75, 3.05) is 18.0 Å². The molecule has 0 aliphatic carbocycles. The number of hydrogen-bond acceptors (Lipinski definition) is 2. The summed E-state index contributed by atoms with van der Waals surface area (Å²) >= 11 is 0. The van der Waals surface area contributed by atoms with Gasteiger partial charge < -0.3 is 10.0 Å². The molecule has 1 aliphatic heterocycles.